The fourth-order valence-corrected chi connectivity index (χ4v) is 4.15. The first kappa shape index (κ1) is 16.5. The zero-order valence-corrected chi connectivity index (χ0v) is 13.3. The lowest BCUT2D eigenvalue weighted by Gasteiger charge is -2.43. The van der Waals surface area contributed by atoms with Gasteiger partial charge in [-0.3, -0.25) is 4.90 Å². The second-order valence-corrected chi connectivity index (χ2v) is 6.55. The highest BCUT2D eigenvalue weighted by molar-refractivity contribution is 7.86. The highest BCUT2D eigenvalue weighted by Gasteiger charge is 2.48. The van der Waals surface area contributed by atoms with Crippen LogP contribution < -0.4 is 0 Å². The minimum Gasteiger partial charge on any atom is -0.465 e. The van der Waals surface area contributed by atoms with Gasteiger partial charge in [0.2, 0.25) is 5.06 Å². The first-order valence-electron chi connectivity index (χ1n) is 7.13. The fourth-order valence-electron chi connectivity index (χ4n) is 2.51. The van der Waals surface area contributed by atoms with E-state index in [0.29, 0.717) is 17.9 Å². The molecule has 2 rings (SSSR count). The lowest BCUT2D eigenvalue weighted by molar-refractivity contribution is -0.0859. The molecule has 1 aliphatic heterocycles. The standard InChI is InChI=1S/C16H19NO4S/c1-2-3-13-21-16(11-7-8-12-17(16)15(18)19)22(20)14-9-5-4-6-10-14/h4-6,9-10H,7-8,11-13H2,1H3,(H,18,19). The average Bonchev–Trinajstić information content (AvgIpc) is 2.55. The quantitative estimate of drug-likeness (QED) is 0.866. The number of likely N-dealkylation sites (tertiary alicyclic amines) is 1. The van der Waals surface area contributed by atoms with Gasteiger partial charge in [0.15, 0.2) is 0 Å². The Morgan fingerprint density at radius 2 is 2.14 bits per heavy atom. The van der Waals surface area contributed by atoms with Crippen molar-refractivity contribution in [2.45, 2.75) is 36.1 Å². The van der Waals surface area contributed by atoms with E-state index in [2.05, 4.69) is 11.8 Å². The average molecular weight is 321 g/mol. The third-order valence-electron chi connectivity index (χ3n) is 3.56. The molecule has 1 aromatic carbocycles. The van der Waals surface area contributed by atoms with Gasteiger partial charge in [-0.2, -0.15) is 0 Å². The third-order valence-corrected chi connectivity index (χ3v) is 5.38. The Morgan fingerprint density at radius 3 is 2.77 bits per heavy atom. The van der Waals surface area contributed by atoms with Gasteiger partial charge in [0.25, 0.3) is 0 Å². The molecule has 6 heteroatoms. The summed E-state index contributed by atoms with van der Waals surface area (Å²) in [6.07, 6.45) is 0.783. The largest absolute Gasteiger partial charge is 0.465 e. The summed E-state index contributed by atoms with van der Waals surface area (Å²) in [4.78, 5) is 13.3. The Labute approximate surface area is 132 Å². The summed E-state index contributed by atoms with van der Waals surface area (Å²) in [5.74, 6) is 5.47. The van der Waals surface area contributed by atoms with Crippen LogP contribution in [-0.4, -0.2) is 38.5 Å². The summed E-state index contributed by atoms with van der Waals surface area (Å²) < 4.78 is 18.8. The normalized spacial score (nSPS) is 22.5. The van der Waals surface area contributed by atoms with Gasteiger partial charge < -0.3 is 9.84 Å². The molecule has 22 heavy (non-hydrogen) atoms. The van der Waals surface area contributed by atoms with E-state index in [1.165, 1.54) is 0 Å². The molecule has 1 N–H and O–H groups in total. The predicted octanol–water partition coefficient (Wildman–Crippen LogP) is 2.65. The fraction of sp³-hybridized carbons (Fsp3) is 0.438. The van der Waals surface area contributed by atoms with Gasteiger partial charge in [-0.05, 0) is 31.9 Å². The molecule has 2 unspecified atom stereocenters. The number of ether oxygens (including phenoxy) is 1. The van der Waals surface area contributed by atoms with Gasteiger partial charge in [-0.1, -0.05) is 24.1 Å². The molecular formula is C16H19NO4S. The van der Waals surface area contributed by atoms with Crippen molar-refractivity contribution in [3.63, 3.8) is 0 Å². The topological polar surface area (TPSA) is 66.8 Å². The zero-order chi connectivity index (χ0) is 16.0. The van der Waals surface area contributed by atoms with Crippen LogP contribution in [0.3, 0.4) is 0 Å². The molecule has 0 saturated carbocycles. The number of hydrogen-bond donors (Lipinski definition) is 1. The Hall–Kier alpha value is -1.84. The van der Waals surface area contributed by atoms with Crippen LogP contribution in [0.25, 0.3) is 0 Å². The minimum atomic E-state index is -1.63. The second kappa shape index (κ2) is 7.43. The van der Waals surface area contributed by atoms with Gasteiger partial charge in [0.1, 0.15) is 17.4 Å². The molecule has 0 spiro atoms. The van der Waals surface area contributed by atoms with E-state index in [9.17, 15) is 14.1 Å². The van der Waals surface area contributed by atoms with Gasteiger partial charge in [-0.25, -0.2) is 9.00 Å². The number of rotatable bonds is 4. The number of hydrogen-bond acceptors (Lipinski definition) is 3. The lowest BCUT2D eigenvalue weighted by atomic mass is 10.1. The van der Waals surface area contributed by atoms with E-state index in [1.807, 2.05) is 6.07 Å². The van der Waals surface area contributed by atoms with E-state index >= 15 is 0 Å². The van der Waals surface area contributed by atoms with Crippen molar-refractivity contribution in [2.24, 2.45) is 0 Å². The number of nitrogens with zero attached hydrogens (tertiary/aromatic N) is 1. The summed E-state index contributed by atoms with van der Waals surface area (Å²) in [5.41, 5.74) is 0. The summed E-state index contributed by atoms with van der Waals surface area (Å²) in [5, 5.41) is 8.14. The molecule has 0 aromatic heterocycles. The van der Waals surface area contributed by atoms with Crippen molar-refractivity contribution in [2.75, 3.05) is 13.2 Å². The SMILES string of the molecule is CC#CCOC1(S(=O)c2ccccc2)CCCCN1C(=O)O. The van der Waals surface area contributed by atoms with E-state index in [0.717, 1.165) is 17.7 Å². The Morgan fingerprint density at radius 1 is 1.41 bits per heavy atom. The lowest BCUT2D eigenvalue weighted by Crippen LogP contribution is -2.58. The molecule has 1 heterocycles. The van der Waals surface area contributed by atoms with Gasteiger partial charge >= 0.3 is 6.09 Å². The van der Waals surface area contributed by atoms with E-state index < -0.39 is 21.9 Å². The molecule has 5 nitrogen and oxygen atoms in total. The van der Waals surface area contributed by atoms with Crippen LogP contribution in [0.4, 0.5) is 4.79 Å². The van der Waals surface area contributed by atoms with E-state index in [4.69, 9.17) is 4.74 Å². The first-order valence-corrected chi connectivity index (χ1v) is 8.28. The van der Waals surface area contributed by atoms with Crippen LogP contribution in [-0.2, 0) is 15.5 Å². The Balaban J connectivity index is 2.41. The Bertz CT molecular complexity index is 608. The summed E-state index contributed by atoms with van der Waals surface area (Å²) in [7, 11) is -1.63. The van der Waals surface area contributed by atoms with Crippen LogP contribution in [0.15, 0.2) is 35.2 Å². The maximum atomic E-state index is 13.1. The molecule has 1 saturated heterocycles. The van der Waals surface area contributed by atoms with Crippen LogP contribution in [0.2, 0.25) is 0 Å². The molecule has 1 fully saturated rings. The van der Waals surface area contributed by atoms with E-state index in [1.54, 1.807) is 31.2 Å². The molecule has 118 valence electrons. The second-order valence-electron chi connectivity index (χ2n) is 4.90. The van der Waals surface area contributed by atoms with Gasteiger partial charge in [0.05, 0.1) is 0 Å². The van der Waals surface area contributed by atoms with E-state index in [-0.39, 0.29) is 6.61 Å². The van der Waals surface area contributed by atoms with Crippen molar-refractivity contribution in [3.05, 3.63) is 30.3 Å². The number of amides is 1. The third kappa shape index (κ3) is 3.32. The van der Waals surface area contributed by atoms with Gasteiger partial charge in [0, 0.05) is 17.9 Å². The van der Waals surface area contributed by atoms with Crippen molar-refractivity contribution in [1.29, 1.82) is 0 Å². The monoisotopic (exact) mass is 321 g/mol. The number of carboxylic acid groups (broad SMARTS) is 1. The molecule has 1 aliphatic rings. The smallest absolute Gasteiger partial charge is 0.410 e. The zero-order valence-electron chi connectivity index (χ0n) is 12.4. The minimum absolute atomic E-state index is 0.0544. The molecule has 0 aliphatic carbocycles. The predicted molar refractivity (Wildman–Crippen MR) is 83.6 cm³/mol. The molecule has 0 radical (unpaired) electrons. The van der Waals surface area contributed by atoms with Crippen LogP contribution in [0.5, 0.6) is 0 Å². The summed E-state index contributed by atoms with van der Waals surface area (Å²) in [6, 6.07) is 8.83. The molecule has 1 aromatic rings. The first-order chi connectivity index (χ1) is 10.6. The van der Waals surface area contributed by atoms with Crippen LogP contribution in [0, 0.1) is 11.8 Å². The maximum absolute atomic E-state index is 13.1. The van der Waals surface area contributed by atoms with Crippen molar-refractivity contribution < 1.29 is 18.8 Å². The molecule has 1 amide bonds. The summed E-state index contributed by atoms with van der Waals surface area (Å²) >= 11 is 0. The molecular weight excluding hydrogens is 302 g/mol. The highest BCUT2D eigenvalue weighted by atomic mass is 32.2. The Kier molecular flexibility index (Phi) is 5.58. The number of benzene rings is 1. The van der Waals surface area contributed by atoms with Gasteiger partial charge in [-0.15, -0.1) is 5.92 Å². The molecule has 0 bridgehead atoms. The molecule has 2 atom stereocenters. The maximum Gasteiger partial charge on any atom is 0.410 e. The van der Waals surface area contributed by atoms with Crippen LogP contribution in [0.1, 0.15) is 26.2 Å². The van der Waals surface area contributed by atoms with Crippen molar-refractivity contribution >= 4 is 16.9 Å². The van der Waals surface area contributed by atoms with Crippen molar-refractivity contribution in [1.82, 2.24) is 4.90 Å². The van der Waals surface area contributed by atoms with Crippen molar-refractivity contribution in [3.8, 4) is 11.8 Å². The summed E-state index contributed by atoms with van der Waals surface area (Å²) in [6.45, 7) is 2.05. The number of piperidine rings is 1. The van der Waals surface area contributed by atoms with Crippen LogP contribution >= 0.6 is 0 Å². The number of carbonyl (C=O) groups is 1. The highest BCUT2D eigenvalue weighted by Crippen LogP contribution is 2.36.